The number of rotatable bonds is 5. The molecule has 166 valence electrons. The smallest absolute Gasteiger partial charge is 0.341 e. The van der Waals surface area contributed by atoms with Crippen molar-refractivity contribution in [3.63, 3.8) is 0 Å². The Morgan fingerprint density at radius 2 is 1.87 bits per heavy atom. The number of carbonyl (C=O) groups is 2. The maximum absolute atomic E-state index is 12.8. The number of carbonyl (C=O) groups excluding carboxylic acids is 2. The Morgan fingerprint density at radius 3 is 2.48 bits per heavy atom. The zero-order chi connectivity index (χ0) is 22.8. The minimum atomic E-state index is -0.348. The molecule has 0 aliphatic heterocycles. The predicted molar refractivity (Wildman–Crippen MR) is 129 cm³/mol. The Hall–Kier alpha value is -2.40. The molecule has 5 heteroatoms. The lowest BCUT2D eigenvalue weighted by molar-refractivity contribution is -0.111. The Labute approximate surface area is 189 Å². The largest absolute Gasteiger partial charge is 0.459 e. The second kappa shape index (κ2) is 9.39. The van der Waals surface area contributed by atoms with Crippen molar-refractivity contribution in [3.05, 3.63) is 57.5 Å². The van der Waals surface area contributed by atoms with Crippen molar-refractivity contribution in [2.24, 2.45) is 5.92 Å². The van der Waals surface area contributed by atoms with Gasteiger partial charge in [0, 0.05) is 11.0 Å². The normalized spacial score (nSPS) is 16.4. The number of hydrogen-bond acceptors (Lipinski definition) is 4. The van der Waals surface area contributed by atoms with Crippen molar-refractivity contribution in [1.82, 2.24) is 0 Å². The Balaban J connectivity index is 1.79. The molecule has 0 spiro atoms. The lowest BCUT2D eigenvalue weighted by Crippen LogP contribution is -2.18. The molecule has 2 aromatic rings. The number of thiophene rings is 1. The molecule has 4 nitrogen and oxygen atoms in total. The van der Waals surface area contributed by atoms with Gasteiger partial charge in [-0.05, 0) is 67.2 Å². The molecule has 1 amide bonds. The van der Waals surface area contributed by atoms with Crippen LogP contribution in [-0.4, -0.2) is 18.0 Å². The van der Waals surface area contributed by atoms with Gasteiger partial charge in [0.15, 0.2) is 0 Å². The highest BCUT2D eigenvalue weighted by atomic mass is 32.1. The zero-order valence-corrected chi connectivity index (χ0v) is 20.2. The van der Waals surface area contributed by atoms with Crippen molar-refractivity contribution in [2.45, 2.75) is 72.3 Å². The van der Waals surface area contributed by atoms with Crippen LogP contribution in [0.1, 0.15) is 79.9 Å². The van der Waals surface area contributed by atoms with E-state index in [0.29, 0.717) is 16.5 Å². The quantitative estimate of drug-likeness (QED) is 0.434. The molecule has 0 saturated carbocycles. The van der Waals surface area contributed by atoms with Crippen LogP contribution in [0.5, 0.6) is 0 Å². The maximum Gasteiger partial charge on any atom is 0.341 e. The van der Waals surface area contributed by atoms with E-state index in [1.54, 1.807) is 6.08 Å². The number of ether oxygens (including phenoxy) is 1. The summed E-state index contributed by atoms with van der Waals surface area (Å²) in [4.78, 5) is 26.6. The fourth-order valence-electron chi connectivity index (χ4n) is 3.75. The summed E-state index contributed by atoms with van der Waals surface area (Å²) < 4.78 is 5.48. The lowest BCUT2D eigenvalue weighted by atomic mass is 9.87. The van der Waals surface area contributed by atoms with Crippen LogP contribution in [0.25, 0.3) is 6.08 Å². The Bertz CT molecular complexity index is 977. The van der Waals surface area contributed by atoms with E-state index in [1.165, 1.54) is 27.9 Å². The summed E-state index contributed by atoms with van der Waals surface area (Å²) in [5, 5.41) is 3.53. The molecule has 3 rings (SSSR count). The van der Waals surface area contributed by atoms with Crippen LogP contribution in [0.15, 0.2) is 30.3 Å². The highest BCUT2D eigenvalue weighted by Crippen LogP contribution is 2.40. The molecule has 1 heterocycles. The first kappa shape index (κ1) is 23.3. The molecule has 1 atom stereocenters. The van der Waals surface area contributed by atoms with Crippen molar-refractivity contribution in [1.29, 1.82) is 0 Å². The van der Waals surface area contributed by atoms with E-state index < -0.39 is 0 Å². The van der Waals surface area contributed by atoms with Crippen molar-refractivity contribution in [2.75, 3.05) is 5.32 Å². The molecule has 0 saturated heterocycles. The number of hydrogen-bond donors (Lipinski definition) is 1. The van der Waals surface area contributed by atoms with Gasteiger partial charge in [0.2, 0.25) is 5.91 Å². The van der Waals surface area contributed by atoms with E-state index in [4.69, 9.17) is 4.74 Å². The van der Waals surface area contributed by atoms with Crippen molar-refractivity contribution < 1.29 is 14.3 Å². The molecule has 0 bridgehead atoms. The van der Waals surface area contributed by atoms with Gasteiger partial charge in [0.25, 0.3) is 0 Å². The fourth-order valence-corrected chi connectivity index (χ4v) is 5.15. The first-order valence-corrected chi connectivity index (χ1v) is 11.8. The van der Waals surface area contributed by atoms with Crippen LogP contribution in [0.4, 0.5) is 5.00 Å². The molecule has 1 N–H and O–H groups in total. The van der Waals surface area contributed by atoms with Crippen LogP contribution < -0.4 is 5.32 Å². The van der Waals surface area contributed by atoms with Gasteiger partial charge in [0.1, 0.15) is 5.00 Å². The maximum atomic E-state index is 12.8. The molecule has 31 heavy (non-hydrogen) atoms. The third-order valence-electron chi connectivity index (χ3n) is 5.50. The van der Waals surface area contributed by atoms with E-state index in [1.807, 2.05) is 26.0 Å². The summed E-state index contributed by atoms with van der Waals surface area (Å²) in [7, 11) is 0. The van der Waals surface area contributed by atoms with Crippen LogP contribution in [-0.2, 0) is 27.8 Å². The number of fused-ring (bicyclic) bond motifs is 1. The molecule has 0 radical (unpaired) electrons. The molecule has 0 fully saturated rings. The van der Waals surface area contributed by atoms with Crippen LogP contribution in [0.2, 0.25) is 0 Å². The number of nitrogens with one attached hydrogen (secondary N) is 1. The van der Waals surface area contributed by atoms with E-state index in [9.17, 15) is 9.59 Å². The molecule has 1 aromatic carbocycles. The fraction of sp³-hybridized carbons (Fsp3) is 0.462. The van der Waals surface area contributed by atoms with Gasteiger partial charge in [-0.3, -0.25) is 4.79 Å². The second-order valence-corrected chi connectivity index (χ2v) is 10.8. The molecule has 1 unspecified atom stereocenters. The second-order valence-electron chi connectivity index (χ2n) is 9.70. The minimum absolute atomic E-state index is 0.0936. The average Bonchev–Trinajstić information content (AvgIpc) is 3.02. The van der Waals surface area contributed by atoms with Crippen LogP contribution >= 0.6 is 11.3 Å². The predicted octanol–water partition coefficient (Wildman–Crippen LogP) is 6.39. The number of esters is 1. The van der Waals surface area contributed by atoms with E-state index in [2.05, 4.69) is 45.1 Å². The van der Waals surface area contributed by atoms with Gasteiger partial charge in [-0.25, -0.2) is 4.79 Å². The number of benzene rings is 1. The van der Waals surface area contributed by atoms with Crippen LogP contribution in [0.3, 0.4) is 0 Å². The van der Waals surface area contributed by atoms with Crippen LogP contribution in [0, 0.1) is 5.92 Å². The first-order chi connectivity index (χ1) is 14.5. The highest BCUT2D eigenvalue weighted by molar-refractivity contribution is 7.17. The van der Waals surface area contributed by atoms with Gasteiger partial charge in [-0.1, -0.05) is 52.0 Å². The molecule has 1 aliphatic carbocycles. The van der Waals surface area contributed by atoms with Gasteiger partial charge < -0.3 is 10.1 Å². The summed E-state index contributed by atoms with van der Waals surface area (Å²) >= 11 is 1.51. The van der Waals surface area contributed by atoms with Crippen molar-refractivity contribution >= 4 is 34.3 Å². The van der Waals surface area contributed by atoms with Gasteiger partial charge in [0.05, 0.1) is 11.7 Å². The molecule has 1 aromatic heterocycles. The summed E-state index contributed by atoms with van der Waals surface area (Å²) in [6.07, 6.45) is 5.94. The molecule has 1 aliphatic rings. The van der Waals surface area contributed by atoms with Gasteiger partial charge in [-0.2, -0.15) is 0 Å². The van der Waals surface area contributed by atoms with E-state index >= 15 is 0 Å². The zero-order valence-electron chi connectivity index (χ0n) is 19.4. The number of amides is 1. The monoisotopic (exact) mass is 439 g/mol. The number of anilines is 1. The Kier molecular flexibility index (Phi) is 7.05. The van der Waals surface area contributed by atoms with E-state index in [0.717, 1.165) is 30.4 Å². The molecular weight excluding hydrogens is 406 g/mol. The first-order valence-electron chi connectivity index (χ1n) is 11.0. The topological polar surface area (TPSA) is 55.4 Å². The van der Waals surface area contributed by atoms with Gasteiger partial charge in [-0.15, -0.1) is 11.3 Å². The Morgan fingerprint density at radius 1 is 1.19 bits per heavy atom. The third-order valence-corrected chi connectivity index (χ3v) is 6.67. The summed E-state index contributed by atoms with van der Waals surface area (Å²) in [5.74, 6) is -0.0103. The summed E-state index contributed by atoms with van der Waals surface area (Å²) in [6, 6.07) is 8.21. The lowest BCUT2D eigenvalue weighted by Gasteiger charge is -2.18. The summed E-state index contributed by atoms with van der Waals surface area (Å²) in [6.45, 7) is 12.4. The summed E-state index contributed by atoms with van der Waals surface area (Å²) in [5.41, 5.74) is 3.89. The highest BCUT2D eigenvalue weighted by Gasteiger charge is 2.29. The van der Waals surface area contributed by atoms with Gasteiger partial charge >= 0.3 is 5.97 Å². The minimum Gasteiger partial charge on any atom is -0.459 e. The standard InChI is InChI=1S/C26H33NO3S/c1-16(2)30-25(29)23-20-13-7-17(3)15-21(20)31-24(23)27-22(28)14-10-18-8-11-19(12-9-18)26(4,5)6/h8-12,14,16-17H,7,13,15H2,1-6H3,(H,27,28)/b14-10+. The van der Waals surface area contributed by atoms with E-state index in [-0.39, 0.29) is 23.4 Å². The SMILES string of the molecule is CC1CCc2c(sc(NC(=O)/C=C/c3ccc(C(C)(C)C)cc3)c2C(=O)OC(C)C)C1. The third kappa shape index (κ3) is 5.85. The van der Waals surface area contributed by atoms with Crippen molar-refractivity contribution in [3.8, 4) is 0 Å². The average molecular weight is 440 g/mol. The molecular formula is C26H33NO3S.